The van der Waals surface area contributed by atoms with E-state index in [9.17, 15) is 19.2 Å². The lowest BCUT2D eigenvalue weighted by atomic mass is 10.2. The summed E-state index contributed by atoms with van der Waals surface area (Å²) in [5.74, 6) is -1.41. The Bertz CT molecular complexity index is 836. The molecule has 0 unspecified atom stereocenters. The molecule has 1 atom stereocenters. The lowest BCUT2D eigenvalue weighted by molar-refractivity contribution is -0.153. The average molecular weight is 305 g/mol. The van der Waals surface area contributed by atoms with Crippen LogP contribution < -0.4 is 17.0 Å². The lowest BCUT2D eigenvalue weighted by Gasteiger charge is -2.11. The van der Waals surface area contributed by atoms with Gasteiger partial charge in [-0.15, -0.1) is 0 Å². The number of ether oxygens (including phenoxy) is 1. The van der Waals surface area contributed by atoms with E-state index in [2.05, 4.69) is 4.98 Å². The van der Waals surface area contributed by atoms with Crippen LogP contribution in [-0.4, -0.2) is 27.5 Å². The van der Waals surface area contributed by atoms with Gasteiger partial charge in [0, 0.05) is 6.54 Å². The Morgan fingerprint density at radius 1 is 1.32 bits per heavy atom. The number of fused-ring (bicyclic) bond motifs is 1. The number of rotatable bonds is 5. The van der Waals surface area contributed by atoms with Gasteiger partial charge in [-0.1, -0.05) is 12.1 Å². The van der Waals surface area contributed by atoms with E-state index in [1.54, 1.807) is 24.3 Å². The number of amides is 1. The summed E-state index contributed by atoms with van der Waals surface area (Å²) in [6.07, 6.45) is -1.16. The molecule has 8 heteroatoms. The van der Waals surface area contributed by atoms with Gasteiger partial charge in [-0.05, 0) is 19.1 Å². The number of hydrogen-bond acceptors (Lipinski definition) is 5. The van der Waals surface area contributed by atoms with E-state index < -0.39 is 29.2 Å². The minimum absolute atomic E-state index is 0.0143. The van der Waals surface area contributed by atoms with Gasteiger partial charge in [-0.2, -0.15) is 0 Å². The Morgan fingerprint density at radius 3 is 2.68 bits per heavy atom. The first-order valence-corrected chi connectivity index (χ1v) is 6.61. The maximum Gasteiger partial charge on any atom is 0.328 e. The predicted octanol–water partition coefficient (Wildman–Crippen LogP) is -0.503. The van der Waals surface area contributed by atoms with Crippen molar-refractivity contribution in [3.63, 3.8) is 0 Å². The van der Waals surface area contributed by atoms with Gasteiger partial charge in [0.05, 0.1) is 17.3 Å². The number of benzene rings is 1. The standard InChI is InChI=1S/C14H15N3O5/c1-8(12(15)19)22-11(18)6-7-17-10-5-3-2-4-9(10)13(20)16-14(17)21/h2-5,8H,6-7H2,1H3,(H2,15,19)(H,16,20,21)/t8-/m0/s1. The van der Waals surface area contributed by atoms with E-state index in [1.807, 2.05) is 0 Å². The number of nitrogens with zero attached hydrogens (tertiary/aromatic N) is 1. The van der Waals surface area contributed by atoms with Gasteiger partial charge in [0.25, 0.3) is 11.5 Å². The molecule has 0 aliphatic carbocycles. The highest BCUT2D eigenvalue weighted by atomic mass is 16.5. The second-order valence-electron chi connectivity index (χ2n) is 4.71. The van der Waals surface area contributed by atoms with Crippen LogP contribution in [0.2, 0.25) is 0 Å². The van der Waals surface area contributed by atoms with Gasteiger partial charge in [-0.25, -0.2) is 4.79 Å². The zero-order valence-electron chi connectivity index (χ0n) is 11.9. The van der Waals surface area contributed by atoms with Gasteiger partial charge in [0.2, 0.25) is 0 Å². The molecule has 0 saturated heterocycles. The number of esters is 1. The van der Waals surface area contributed by atoms with Crippen LogP contribution in [0.3, 0.4) is 0 Å². The van der Waals surface area contributed by atoms with Crippen LogP contribution in [0.25, 0.3) is 10.9 Å². The van der Waals surface area contributed by atoms with Crippen LogP contribution in [0, 0.1) is 0 Å². The fraction of sp³-hybridized carbons (Fsp3) is 0.286. The monoisotopic (exact) mass is 305 g/mol. The third-order valence-corrected chi connectivity index (χ3v) is 3.15. The van der Waals surface area contributed by atoms with Crippen molar-refractivity contribution in [3.05, 3.63) is 45.1 Å². The molecule has 1 aromatic heterocycles. The zero-order chi connectivity index (χ0) is 16.3. The van der Waals surface area contributed by atoms with Crippen LogP contribution in [0.15, 0.2) is 33.9 Å². The molecular formula is C14H15N3O5. The molecule has 2 rings (SSSR count). The summed E-state index contributed by atoms with van der Waals surface area (Å²) >= 11 is 0. The second kappa shape index (κ2) is 6.25. The average Bonchev–Trinajstić information content (AvgIpc) is 2.46. The van der Waals surface area contributed by atoms with E-state index in [4.69, 9.17) is 10.5 Å². The highest BCUT2D eigenvalue weighted by Crippen LogP contribution is 2.07. The molecule has 0 aliphatic rings. The van der Waals surface area contributed by atoms with Crippen LogP contribution >= 0.6 is 0 Å². The van der Waals surface area contributed by atoms with E-state index in [1.165, 1.54) is 11.5 Å². The fourth-order valence-electron chi connectivity index (χ4n) is 1.98. The molecule has 0 fully saturated rings. The van der Waals surface area contributed by atoms with E-state index >= 15 is 0 Å². The van der Waals surface area contributed by atoms with E-state index in [0.717, 1.165) is 0 Å². The summed E-state index contributed by atoms with van der Waals surface area (Å²) in [5, 5.41) is 0.348. The number of hydrogen-bond donors (Lipinski definition) is 2. The van der Waals surface area contributed by atoms with Crippen molar-refractivity contribution in [1.29, 1.82) is 0 Å². The van der Waals surface area contributed by atoms with Crippen molar-refractivity contribution in [3.8, 4) is 0 Å². The van der Waals surface area contributed by atoms with Crippen molar-refractivity contribution in [2.45, 2.75) is 26.0 Å². The van der Waals surface area contributed by atoms with Crippen LogP contribution in [0.4, 0.5) is 0 Å². The molecule has 8 nitrogen and oxygen atoms in total. The third-order valence-electron chi connectivity index (χ3n) is 3.15. The number of aromatic nitrogens is 2. The SMILES string of the molecule is C[C@H](OC(=O)CCn1c(=O)[nH]c(=O)c2ccccc21)C(N)=O. The van der Waals surface area contributed by atoms with Crippen molar-refractivity contribution >= 4 is 22.8 Å². The Hall–Kier alpha value is -2.90. The van der Waals surface area contributed by atoms with Gasteiger partial charge in [0.15, 0.2) is 6.10 Å². The van der Waals surface area contributed by atoms with Crippen molar-refractivity contribution in [1.82, 2.24) is 9.55 Å². The molecule has 1 heterocycles. The highest BCUT2D eigenvalue weighted by molar-refractivity contribution is 5.82. The molecule has 1 aromatic carbocycles. The number of nitrogens with one attached hydrogen (secondary N) is 1. The molecule has 2 aromatic rings. The summed E-state index contributed by atoms with van der Waals surface area (Å²) in [4.78, 5) is 48.2. The van der Waals surface area contributed by atoms with Crippen molar-refractivity contribution in [2.75, 3.05) is 0 Å². The predicted molar refractivity (Wildman–Crippen MR) is 78.2 cm³/mol. The molecule has 1 amide bonds. The quantitative estimate of drug-likeness (QED) is 0.720. The van der Waals surface area contributed by atoms with Crippen molar-refractivity contribution < 1.29 is 14.3 Å². The number of primary amides is 1. The number of aryl methyl sites for hydroxylation is 1. The number of carbonyl (C=O) groups excluding carboxylic acids is 2. The summed E-state index contributed by atoms with van der Waals surface area (Å²) < 4.78 is 6.08. The molecule has 0 bridgehead atoms. The van der Waals surface area contributed by atoms with Gasteiger partial charge in [0.1, 0.15) is 0 Å². The Balaban J connectivity index is 2.22. The molecular weight excluding hydrogens is 290 g/mol. The summed E-state index contributed by atoms with van der Waals surface area (Å²) in [6.45, 7) is 1.38. The Kier molecular flexibility index (Phi) is 4.40. The maximum atomic E-state index is 11.9. The number of aromatic amines is 1. The smallest absolute Gasteiger partial charge is 0.328 e. The highest BCUT2D eigenvalue weighted by Gasteiger charge is 2.15. The largest absolute Gasteiger partial charge is 0.453 e. The number of H-pyrrole nitrogens is 1. The third kappa shape index (κ3) is 3.22. The molecule has 116 valence electrons. The van der Waals surface area contributed by atoms with Crippen molar-refractivity contribution in [2.24, 2.45) is 5.73 Å². The van der Waals surface area contributed by atoms with E-state index in [-0.39, 0.29) is 13.0 Å². The minimum Gasteiger partial charge on any atom is -0.453 e. The molecule has 0 saturated carbocycles. The summed E-state index contributed by atoms with van der Waals surface area (Å²) in [6, 6.07) is 6.56. The zero-order valence-corrected chi connectivity index (χ0v) is 11.9. The first kappa shape index (κ1) is 15.5. The van der Waals surface area contributed by atoms with Gasteiger partial charge < -0.3 is 10.5 Å². The Morgan fingerprint density at radius 2 is 2.00 bits per heavy atom. The first-order chi connectivity index (χ1) is 10.4. The molecule has 0 aliphatic heterocycles. The summed E-state index contributed by atoms with van der Waals surface area (Å²) in [5.41, 5.74) is 4.32. The fourth-order valence-corrected chi connectivity index (χ4v) is 1.98. The van der Waals surface area contributed by atoms with Crippen LogP contribution in [-0.2, 0) is 20.9 Å². The lowest BCUT2D eigenvalue weighted by Crippen LogP contribution is -2.33. The van der Waals surface area contributed by atoms with E-state index in [0.29, 0.717) is 10.9 Å². The summed E-state index contributed by atoms with van der Waals surface area (Å²) in [7, 11) is 0. The van der Waals surface area contributed by atoms with Crippen LogP contribution in [0.1, 0.15) is 13.3 Å². The number of para-hydroxylation sites is 1. The Labute approximate surface area is 124 Å². The van der Waals surface area contributed by atoms with Gasteiger partial charge >= 0.3 is 11.7 Å². The van der Waals surface area contributed by atoms with Crippen LogP contribution in [0.5, 0.6) is 0 Å². The normalized spacial score (nSPS) is 12.0. The molecule has 22 heavy (non-hydrogen) atoms. The topological polar surface area (TPSA) is 124 Å². The number of nitrogens with two attached hydrogens (primary N) is 1. The molecule has 0 spiro atoms. The maximum absolute atomic E-state index is 11.9. The number of carbonyl (C=O) groups is 2. The van der Waals surface area contributed by atoms with Gasteiger partial charge in [-0.3, -0.25) is 23.9 Å². The molecule has 0 radical (unpaired) electrons. The first-order valence-electron chi connectivity index (χ1n) is 6.61. The second-order valence-corrected chi connectivity index (χ2v) is 4.71. The minimum atomic E-state index is -1.03. The molecule has 3 N–H and O–H groups in total.